The van der Waals surface area contributed by atoms with Gasteiger partial charge < -0.3 is 14.5 Å². The van der Waals surface area contributed by atoms with Crippen molar-refractivity contribution in [1.29, 1.82) is 0 Å². The van der Waals surface area contributed by atoms with E-state index >= 15 is 0 Å². The Morgan fingerprint density at radius 2 is 2.14 bits per heavy atom. The fourth-order valence-corrected chi connectivity index (χ4v) is 3.68. The lowest BCUT2D eigenvalue weighted by Crippen LogP contribution is -2.25. The van der Waals surface area contributed by atoms with Gasteiger partial charge in [-0.3, -0.25) is 4.79 Å². The first kappa shape index (κ1) is 18.2. The van der Waals surface area contributed by atoms with Gasteiger partial charge >= 0.3 is 0 Å². The molecule has 0 fully saturated rings. The molecule has 1 amide bonds. The molecule has 28 heavy (non-hydrogen) atoms. The Labute approximate surface area is 166 Å². The Hall–Kier alpha value is -3.19. The monoisotopic (exact) mass is 393 g/mol. The lowest BCUT2D eigenvalue weighted by molar-refractivity contribution is 0.0954. The topological polar surface area (TPSA) is 77.2 Å². The summed E-state index contributed by atoms with van der Waals surface area (Å²) in [7, 11) is 1.62. The zero-order valence-electron chi connectivity index (χ0n) is 15.6. The summed E-state index contributed by atoms with van der Waals surface area (Å²) in [4.78, 5) is 22.4. The summed E-state index contributed by atoms with van der Waals surface area (Å²) in [6, 6.07) is 12.8. The quantitative estimate of drug-likeness (QED) is 0.530. The number of benzene rings is 2. The number of amides is 1. The van der Waals surface area contributed by atoms with Crippen molar-refractivity contribution < 1.29 is 13.9 Å². The standard InChI is InChI=1S/C21H19N3O3S/c1-13-19(28-12-23-13)8-9-22-20(25)14-6-7-17-18(11-14)27-21(24-17)15-4-3-5-16(10-15)26-2/h3-7,10-12H,8-9H2,1-2H3,(H,22,25). The number of fused-ring (bicyclic) bond motifs is 1. The molecule has 0 saturated carbocycles. The Morgan fingerprint density at radius 1 is 1.25 bits per heavy atom. The van der Waals surface area contributed by atoms with Gasteiger partial charge in [-0.05, 0) is 43.3 Å². The molecule has 2 aromatic carbocycles. The zero-order valence-corrected chi connectivity index (χ0v) is 16.4. The Kier molecular flexibility index (Phi) is 5.08. The number of methoxy groups -OCH3 is 1. The van der Waals surface area contributed by atoms with Crippen molar-refractivity contribution in [3.8, 4) is 17.2 Å². The summed E-state index contributed by atoms with van der Waals surface area (Å²) >= 11 is 1.61. The van der Waals surface area contributed by atoms with Crippen molar-refractivity contribution in [2.75, 3.05) is 13.7 Å². The number of ether oxygens (including phenoxy) is 1. The van der Waals surface area contributed by atoms with E-state index in [-0.39, 0.29) is 5.91 Å². The molecule has 2 aromatic heterocycles. The van der Waals surface area contributed by atoms with Crippen LogP contribution in [0.3, 0.4) is 0 Å². The molecule has 0 atom stereocenters. The number of nitrogens with one attached hydrogen (secondary N) is 1. The maximum Gasteiger partial charge on any atom is 0.251 e. The van der Waals surface area contributed by atoms with Crippen LogP contribution in [0, 0.1) is 6.92 Å². The van der Waals surface area contributed by atoms with Crippen molar-refractivity contribution in [1.82, 2.24) is 15.3 Å². The van der Waals surface area contributed by atoms with Crippen molar-refractivity contribution in [3.63, 3.8) is 0 Å². The molecule has 2 heterocycles. The van der Waals surface area contributed by atoms with E-state index in [9.17, 15) is 4.79 Å². The molecule has 4 rings (SSSR count). The molecule has 6 nitrogen and oxygen atoms in total. The second-order valence-corrected chi connectivity index (χ2v) is 7.24. The molecule has 7 heteroatoms. The number of aryl methyl sites for hydroxylation is 1. The number of hydrogen-bond acceptors (Lipinski definition) is 6. The number of oxazole rings is 1. The highest BCUT2D eigenvalue weighted by atomic mass is 32.1. The second kappa shape index (κ2) is 7.82. The molecule has 0 aliphatic carbocycles. The minimum absolute atomic E-state index is 0.136. The minimum Gasteiger partial charge on any atom is -0.497 e. The summed E-state index contributed by atoms with van der Waals surface area (Å²) in [6.07, 6.45) is 0.771. The van der Waals surface area contributed by atoms with Crippen LogP contribution in [-0.4, -0.2) is 29.5 Å². The number of rotatable bonds is 6. The fourth-order valence-electron chi connectivity index (χ4n) is 2.90. The van der Waals surface area contributed by atoms with Crippen LogP contribution < -0.4 is 10.1 Å². The Balaban J connectivity index is 1.49. The van der Waals surface area contributed by atoms with E-state index in [4.69, 9.17) is 9.15 Å². The predicted octanol–water partition coefficient (Wildman–Crippen LogP) is 4.24. The number of nitrogens with zero attached hydrogens (tertiary/aromatic N) is 2. The van der Waals surface area contributed by atoms with Crippen LogP contribution in [0.25, 0.3) is 22.6 Å². The molecule has 142 valence electrons. The summed E-state index contributed by atoms with van der Waals surface area (Å²) in [5.41, 5.74) is 5.48. The average molecular weight is 393 g/mol. The van der Waals surface area contributed by atoms with Crippen molar-refractivity contribution in [2.45, 2.75) is 13.3 Å². The normalized spacial score (nSPS) is 10.9. The van der Waals surface area contributed by atoms with Gasteiger partial charge in [0, 0.05) is 29.0 Å². The molecular weight excluding hydrogens is 374 g/mol. The Bertz CT molecular complexity index is 1130. The maximum absolute atomic E-state index is 12.5. The number of hydrogen-bond donors (Lipinski definition) is 1. The van der Waals surface area contributed by atoms with Crippen LogP contribution >= 0.6 is 11.3 Å². The van der Waals surface area contributed by atoms with Gasteiger partial charge in [0.2, 0.25) is 5.89 Å². The number of thiazole rings is 1. The third-order valence-electron chi connectivity index (χ3n) is 4.45. The smallest absolute Gasteiger partial charge is 0.251 e. The van der Waals surface area contributed by atoms with Crippen LogP contribution in [0.4, 0.5) is 0 Å². The van der Waals surface area contributed by atoms with Crippen LogP contribution in [0.1, 0.15) is 20.9 Å². The summed E-state index contributed by atoms with van der Waals surface area (Å²) < 4.78 is 11.1. The van der Waals surface area contributed by atoms with Gasteiger partial charge in [-0.2, -0.15) is 0 Å². The highest BCUT2D eigenvalue weighted by Gasteiger charge is 2.13. The number of carbonyl (C=O) groups is 1. The van der Waals surface area contributed by atoms with E-state index in [1.165, 1.54) is 4.88 Å². The van der Waals surface area contributed by atoms with E-state index in [1.807, 2.05) is 36.7 Å². The molecule has 0 aliphatic heterocycles. The maximum atomic E-state index is 12.5. The number of carbonyl (C=O) groups excluding carboxylic acids is 1. The lowest BCUT2D eigenvalue weighted by atomic mass is 10.2. The van der Waals surface area contributed by atoms with Gasteiger partial charge in [0.15, 0.2) is 5.58 Å². The Morgan fingerprint density at radius 3 is 2.93 bits per heavy atom. The van der Waals surface area contributed by atoms with Crippen LogP contribution in [0.2, 0.25) is 0 Å². The molecule has 0 spiro atoms. The lowest BCUT2D eigenvalue weighted by Gasteiger charge is -2.04. The zero-order chi connectivity index (χ0) is 19.5. The van der Waals surface area contributed by atoms with E-state index in [2.05, 4.69) is 15.3 Å². The first-order valence-corrected chi connectivity index (χ1v) is 9.74. The molecule has 4 aromatic rings. The van der Waals surface area contributed by atoms with Gasteiger partial charge in [0.05, 0.1) is 18.3 Å². The van der Waals surface area contributed by atoms with Gasteiger partial charge in [-0.25, -0.2) is 9.97 Å². The predicted molar refractivity (Wildman–Crippen MR) is 109 cm³/mol. The summed E-state index contributed by atoms with van der Waals surface area (Å²) in [5, 5.41) is 2.94. The molecular formula is C21H19N3O3S. The number of aromatic nitrogens is 2. The van der Waals surface area contributed by atoms with E-state index in [0.29, 0.717) is 29.1 Å². The largest absolute Gasteiger partial charge is 0.497 e. The van der Waals surface area contributed by atoms with E-state index in [0.717, 1.165) is 23.4 Å². The van der Waals surface area contributed by atoms with Crippen molar-refractivity contribution >= 4 is 28.3 Å². The first-order chi connectivity index (χ1) is 13.6. The second-order valence-electron chi connectivity index (χ2n) is 6.30. The van der Waals surface area contributed by atoms with Crippen LogP contribution in [0.5, 0.6) is 5.75 Å². The summed E-state index contributed by atoms with van der Waals surface area (Å²) in [5.74, 6) is 1.09. The fraction of sp³-hybridized carbons (Fsp3) is 0.190. The molecule has 0 unspecified atom stereocenters. The van der Waals surface area contributed by atoms with Crippen molar-refractivity contribution in [3.05, 3.63) is 64.1 Å². The van der Waals surface area contributed by atoms with Crippen LogP contribution in [-0.2, 0) is 6.42 Å². The molecule has 1 N–H and O–H groups in total. The molecule has 0 aliphatic rings. The van der Waals surface area contributed by atoms with Gasteiger partial charge in [-0.1, -0.05) is 6.07 Å². The molecule has 0 bridgehead atoms. The first-order valence-electron chi connectivity index (χ1n) is 8.86. The van der Waals surface area contributed by atoms with Gasteiger partial charge in [0.25, 0.3) is 5.91 Å². The third-order valence-corrected chi connectivity index (χ3v) is 5.44. The SMILES string of the molecule is COc1cccc(-c2nc3ccc(C(=O)NCCc4scnc4C)cc3o2)c1. The van der Waals surface area contributed by atoms with Crippen LogP contribution in [0.15, 0.2) is 52.4 Å². The van der Waals surface area contributed by atoms with Crippen molar-refractivity contribution in [2.24, 2.45) is 0 Å². The van der Waals surface area contributed by atoms with Gasteiger partial charge in [-0.15, -0.1) is 11.3 Å². The highest BCUT2D eigenvalue weighted by molar-refractivity contribution is 7.09. The molecule has 0 radical (unpaired) electrons. The average Bonchev–Trinajstić information content (AvgIpc) is 3.33. The van der Waals surface area contributed by atoms with Gasteiger partial charge in [0.1, 0.15) is 11.3 Å². The minimum atomic E-state index is -0.136. The third kappa shape index (κ3) is 3.75. The molecule has 0 saturated heterocycles. The highest BCUT2D eigenvalue weighted by Crippen LogP contribution is 2.27. The summed E-state index contributed by atoms with van der Waals surface area (Å²) in [6.45, 7) is 2.54. The van der Waals surface area contributed by atoms with E-state index in [1.54, 1.807) is 36.6 Å². The van der Waals surface area contributed by atoms with E-state index < -0.39 is 0 Å².